The summed E-state index contributed by atoms with van der Waals surface area (Å²) in [6, 6.07) is 5.62. The van der Waals surface area contributed by atoms with Crippen LogP contribution in [0.4, 0.5) is 0 Å². The predicted octanol–water partition coefficient (Wildman–Crippen LogP) is 1.26. The third-order valence-electron chi connectivity index (χ3n) is 2.43. The first-order valence-electron chi connectivity index (χ1n) is 4.89. The molecule has 0 spiro atoms. The Balaban J connectivity index is 2.25. The second kappa shape index (κ2) is 3.63. The molecule has 84 valence electrons. The van der Waals surface area contributed by atoms with Gasteiger partial charge in [-0.15, -0.1) is 0 Å². The van der Waals surface area contributed by atoms with E-state index < -0.39 is 0 Å². The smallest absolute Gasteiger partial charge is 0.214 e. The van der Waals surface area contributed by atoms with Crippen molar-refractivity contribution in [3.63, 3.8) is 0 Å². The molecule has 0 aliphatic rings. The van der Waals surface area contributed by atoms with Crippen LogP contribution in [0.3, 0.4) is 0 Å². The number of nitrogens with two attached hydrogens (primary N) is 1. The molecule has 2 aromatic heterocycles. The van der Waals surface area contributed by atoms with Crippen molar-refractivity contribution in [1.29, 1.82) is 0 Å². The van der Waals surface area contributed by atoms with E-state index in [1.54, 1.807) is 12.4 Å². The molecule has 0 saturated heterocycles. The Morgan fingerprint density at radius 1 is 1.18 bits per heavy atom. The van der Waals surface area contributed by atoms with Gasteiger partial charge in [-0.3, -0.25) is 9.97 Å². The maximum atomic E-state index is 5.76. The lowest BCUT2D eigenvalue weighted by Gasteiger charge is -2.01. The number of H-pyrrole nitrogens is 1. The van der Waals surface area contributed by atoms with Crippen molar-refractivity contribution in [3.8, 4) is 11.4 Å². The molecule has 17 heavy (non-hydrogen) atoms. The van der Waals surface area contributed by atoms with Crippen LogP contribution in [0.2, 0.25) is 0 Å². The number of hydrogen-bond donors (Lipinski definition) is 2. The zero-order valence-corrected chi connectivity index (χ0v) is 9.48. The van der Waals surface area contributed by atoms with Crippen LogP contribution in [0.1, 0.15) is 0 Å². The molecule has 0 fully saturated rings. The van der Waals surface area contributed by atoms with Crippen molar-refractivity contribution in [3.05, 3.63) is 35.4 Å². The number of nitrogens with zero attached hydrogens (tertiary/aromatic N) is 4. The second-order valence-electron chi connectivity index (χ2n) is 3.48. The summed E-state index contributed by atoms with van der Waals surface area (Å²) in [4.78, 5) is 8.42. The normalized spacial score (nSPS) is 10.8. The van der Waals surface area contributed by atoms with Gasteiger partial charge in [0.25, 0.3) is 0 Å². The zero-order valence-electron chi connectivity index (χ0n) is 8.66. The third kappa shape index (κ3) is 1.56. The van der Waals surface area contributed by atoms with Gasteiger partial charge in [0.1, 0.15) is 0 Å². The number of benzene rings is 1. The largest absolute Gasteiger partial charge is 0.335 e. The van der Waals surface area contributed by atoms with Gasteiger partial charge in [0.15, 0.2) is 5.82 Å². The van der Waals surface area contributed by atoms with E-state index in [-0.39, 0.29) is 0 Å². The fourth-order valence-electron chi connectivity index (χ4n) is 1.61. The average Bonchev–Trinajstić information content (AvgIpc) is 2.70. The molecule has 0 aliphatic heterocycles. The molecule has 0 amide bonds. The minimum atomic E-state index is 0.374. The summed E-state index contributed by atoms with van der Waals surface area (Å²) >= 11 is 4.96. The maximum absolute atomic E-state index is 5.76. The van der Waals surface area contributed by atoms with Crippen LogP contribution >= 0.6 is 12.2 Å². The third-order valence-corrected chi connectivity index (χ3v) is 2.72. The van der Waals surface area contributed by atoms with Gasteiger partial charge in [-0.05, 0) is 30.4 Å². The standard InChI is InChI=1S/C10H8N6S/c11-16-9(14-15-10(16)17)6-1-2-7-8(5-6)13-4-3-12-7/h1-5H,11H2,(H,15,17). The van der Waals surface area contributed by atoms with Crippen LogP contribution < -0.4 is 5.84 Å². The van der Waals surface area contributed by atoms with Crippen LogP contribution in [0.15, 0.2) is 30.6 Å². The Kier molecular flexibility index (Phi) is 2.12. The first kappa shape index (κ1) is 9.91. The number of nitrogen functional groups attached to an aromatic ring is 1. The van der Waals surface area contributed by atoms with Crippen molar-refractivity contribution < 1.29 is 0 Å². The van der Waals surface area contributed by atoms with E-state index in [1.807, 2.05) is 18.2 Å². The molecule has 0 aliphatic carbocycles. The van der Waals surface area contributed by atoms with E-state index in [4.69, 9.17) is 18.1 Å². The Morgan fingerprint density at radius 3 is 2.65 bits per heavy atom. The molecule has 0 bridgehead atoms. The van der Waals surface area contributed by atoms with Crippen molar-refractivity contribution in [1.82, 2.24) is 24.8 Å². The molecule has 6 nitrogen and oxygen atoms in total. The lowest BCUT2D eigenvalue weighted by molar-refractivity contribution is 0.984. The van der Waals surface area contributed by atoms with E-state index in [9.17, 15) is 0 Å². The van der Waals surface area contributed by atoms with E-state index in [0.717, 1.165) is 16.6 Å². The first-order valence-corrected chi connectivity index (χ1v) is 5.30. The zero-order chi connectivity index (χ0) is 11.8. The van der Waals surface area contributed by atoms with Crippen LogP contribution in [0.25, 0.3) is 22.4 Å². The molecule has 3 N–H and O–H groups in total. The molecule has 0 atom stereocenters. The highest BCUT2D eigenvalue weighted by Crippen LogP contribution is 2.19. The quantitative estimate of drug-likeness (QED) is 0.497. The van der Waals surface area contributed by atoms with Gasteiger partial charge in [-0.25, -0.2) is 9.77 Å². The number of rotatable bonds is 1. The Morgan fingerprint density at radius 2 is 1.94 bits per heavy atom. The summed E-state index contributed by atoms with van der Waals surface area (Å²) in [5, 5.41) is 6.70. The van der Waals surface area contributed by atoms with Gasteiger partial charge >= 0.3 is 0 Å². The number of aromatic nitrogens is 5. The highest BCUT2D eigenvalue weighted by molar-refractivity contribution is 7.71. The number of fused-ring (bicyclic) bond motifs is 1. The van der Waals surface area contributed by atoms with Gasteiger partial charge in [0.2, 0.25) is 4.77 Å². The highest BCUT2D eigenvalue weighted by Gasteiger charge is 2.07. The molecule has 7 heteroatoms. The van der Waals surface area contributed by atoms with Gasteiger partial charge < -0.3 is 5.84 Å². The summed E-state index contributed by atoms with van der Waals surface area (Å²) in [7, 11) is 0. The lowest BCUT2D eigenvalue weighted by atomic mass is 10.2. The van der Waals surface area contributed by atoms with Crippen LogP contribution in [0, 0.1) is 4.77 Å². The van der Waals surface area contributed by atoms with Gasteiger partial charge in [0, 0.05) is 18.0 Å². The SMILES string of the molecule is Nn1c(-c2ccc3nccnc3c2)n[nH]c1=S. The molecule has 0 saturated carbocycles. The summed E-state index contributed by atoms with van der Waals surface area (Å²) < 4.78 is 1.70. The maximum Gasteiger partial charge on any atom is 0.214 e. The van der Waals surface area contributed by atoms with Crippen LogP contribution in [0.5, 0.6) is 0 Å². The fourth-order valence-corrected chi connectivity index (χ4v) is 1.74. The Hall–Kier alpha value is -2.28. The summed E-state index contributed by atoms with van der Waals surface area (Å²) in [6.45, 7) is 0. The molecule has 3 rings (SSSR count). The lowest BCUT2D eigenvalue weighted by Crippen LogP contribution is -2.09. The molecule has 3 aromatic rings. The fraction of sp³-hybridized carbons (Fsp3) is 0. The van der Waals surface area contributed by atoms with Gasteiger partial charge in [0.05, 0.1) is 11.0 Å². The molecule has 2 heterocycles. The summed E-state index contributed by atoms with van der Waals surface area (Å²) in [5.41, 5.74) is 2.46. The second-order valence-corrected chi connectivity index (χ2v) is 3.87. The van der Waals surface area contributed by atoms with Crippen LogP contribution in [-0.4, -0.2) is 24.8 Å². The summed E-state index contributed by atoms with van der Waals surface area (Å²) in [6.07, 6.45) is 3.30. The number of aromatic amines is 1. The first-order chi connectivity index (χ1) is 8.25. The predicted molar refractivity (Wildman–Crippen MR) is 66.1 cm³/mol. The molecule has 0 radical (unpaired) electrons. The monoisotopic (exact) mass is 244 g/mol. The van der Waals surface area contributed by atoms with Crippen LogP contribution in [-0.2, 0) is 0 Å². The van der Waals surface area contributed by atoms with Crippen molar-refractivity contribution in [2.24, 2.45) is 0 Å². The van der Waals surface area contributed by atoms with Gasteiger partial charge in [-0.2, -0.15) is 5.10 Å². The van der Waals surface area contributed by atoms with E-state index in [1.165, 1.54) is 4.68 Å². The van der Waals surface area contributed by atoms with E-state index in [2.05, 4.69) is 20.2 Å². The van der Waals surface area contributed by atoms with Gasteiger partial charge in [-0.1, -0.05) is 0 Å². The summed E-state index contributed by atoms with van der Waals surface area (Å²) in [5.74, 6) is 6.33. The van der Waals surface area contributed by atoms with E-state index >= 15 is 0 Å². The van der Waals surface area contributed by atoms with Crippen molar-refractivity contribution in [2.45, 2.75) is 0 Å². The topological polar surface area (TPSA) is 85.4 Å². The average molecular weight is 244 g/mol. The number of nitrogens with one attached hydrogen (secondary N) is 1. The molecule has 1 aromatic carbocycles. The highest BCUT2D eigenvalue weighted by atomic mass is 32.1. The molecular formula is C10H8N6S. The van der Waals surface area contributed by atoms with E-state index in [0.29, 0.717) is 10.6 Å². The minimum absolute atomic E-state index is 0.374. The molecule has 0 unspecified atom stereocenters. The Bertz CT molecular complexity index is 744. The van der Waals surface area contributed by atoms with Crippen molar-refractivity contribution in [2.75, 3.05) is 5.84 Å². The molecular weight excluding hydrogens is 236 g/mol. The number of hydrogen-bond acceptors (Lipinski definition) is 5. The van der Waals surface area contributed by atoms with Crippen molar-refractivity contribution >= 4 is 23.3 Å². The minimum Gasteiger partial charge on any atom is -0.335 e. The Labute approximate surface area is 101 Å².